The number of hydrogen-bond donors (Lipinski definition) is 2. The van der Waals surface area contributed by atoms with Crippen LogP contribution in [-0.4, -0.2) is 31.0 Å². The van der Waals surface area contributed by atoms with Crippen LogP contribution in [0.4, 0.5) is 0 Å². The summed E-state index contributed by atoms with van der Waals surface area (Å²) in [4.78, 5) is 0. The summed E-state index contributed by atoms with van der Waals surface area (Å²) >= 11 is 0. The molecular formula is C16H25NO3. The number of aliphatic hydroxyl groups excluding tert-OH is 1. The minimum Gasteiger partial charge on any atom is -0.490 e. The summed E-state index contributed by atoms with van der Waals surface area (Å²) in [6.45, 7) is 9.52. The Kier molecular flexibility index (Phi) is 7.77. The van der Waals surface area contributed by atoms with E-state index in [2.05, 4.69) is 11.9 Å². The average Bonchev–Trinajstić information content (AvgIpc) is 2.48. The van der Waals surface area contributed by atoms with Crippen LogP contribution in [0.2, 0.25) is 0 Å². The normalized spacial score (nSPS) is 11.9. The summed E-state index contributed by atoms with van der Waals surface area (Å²) in [7, 11) is 0. The van der Waals surface area contributed by atoms with E-state index in [0.717, 1.165) is 23.5 Å². The van der Waals surface area contributed by atoms with Crippen LogP contribution in [0.1, 0.15) is 25.8 Å². The van der Waals surface area contributed by atoms with Gasteiger partial charge in [-0.3, -0.25) is 0 Å². The Bertz CT molecular complexity index is 403. The van der Waals surface area contributed by atoms with Gasteiger partial charge in [0, 0.05) is 12.6 Å². The van der Waals surface area contributed by atoms with Gasteiger partial charge in [-0.15, -0.1) is 0 Å². The molecule has 0 aliphatic heterocycles. The van der Waals surface area contributed by atoms with Crippen LogP contribution in [-0.2, 0) is 6.54 Å². The lowest BCUT2D eigenvalue weighted by Crippen LogP contribution is -2.31. The molecule has 1 aromatic rings. The highest BCUT2D eigenvalue weighted by Crippen LogP contribution is 2.28. The van der Waals surface area contributed by atoms with Gasteiger partial charge in [0.2, 0.25) is 0 Å². The van der Waals surface area contributed by atoms with Crippen molar-refractivity contribution >= 4 is 0 Å². The van der Waals surface area contributed by atoms with Crippen LogP contribution >= 0.6 is 0 Å². The van der Waals surface area contributed by atoms with Crippen LogP contribution in [0.5, 0.6) is 11.5 Å². The molecule has 1 rings (SSSR count). The molecule has 0 fully saturated rings. The third-order valence-corrected chi connectivity index (χ3v) is 2.97. The molecule has 0 unspecified atom stereocenters. The smallest absolute Gasteiger partial charge is 0.161 e. The molecule has 0 saturated heterocycles. The van der Waals surface area contributed by atoms with Crippen molar-refractivity contribution < 1.29 is 14.6 Å². The van der Waals surface area contributed by atoms with E-state index in [-0.39, 0.29) is 12.6 Å². The Balaban J connectivity index is 2.72. The zero-order valence-electron chi connectivity index (χ0n) is 12.4. The number of benzene rings is 1. The van der Waals surface area contributed by atoms with Crippen molar-refractivity contribution in [3.8, 4) is 11.5 Å². The SMILES string of the molecule is C=CCOc1ccc(CN[C@H](CC)CO)cc1OCC. The molecule has 4 nitrogen and oxygen atoms in total. The van der Waals surface area contributed by atoms with Crippen molar-refractivity contribution in [2.24, 2.45) is 0 Å². The van der Waals surface area contributed by atoms with E-state index in [1.165, 1.54) is 0 Å². The first-order valence-electron chi connectivity index (χ1n) is 7.08. The minimum absolute atomic E-state index is 0.127. The molecular weight excluding hydrogens is 254 g/mol. The van der Waals surface area contributed by atoms with Crippen molar-refractivity contribution in [2.75, 3.05) is 19.8 Å². The topological polar surface area (TPSA) is 50.7 Å². The number of rotatable bonds is 10. The Labute approximate surface area is 121 Å². The predicted octanol–water partition coefficient (Wildman–Crippen LogP) is 2.51. The van der Waals surface area contributed by atoms with E-state index in [9.17, 15) is 0 Å². The van der Waals surface area contributed by atoms with Gasteiger partial charge in [0.15, 0.2) is 11.5 Å². The largest absolute Gasteiger partial charge is 0.490 e. The summed E-state index contributed by atoms with van der Waals surface area (Å²) < 4.78 is 11.2. The molecule has 0 saturated carbocycles. The van der Waals surface area contributed by atoms with E-state index < -0.39 is 0 Å². The molecule has 0 heterocycles. The van der Waals surface area contributed by atoms with Gasteiger partial charge >= 0.3 is 0 Å². The number of aliphatic hydroxyl groups is 1. The van der Waals surface area contributed by atoms with E-state index in [1.807, 2.05) is 32.0 Å². The molecule has 0 aliphatic carbocycles. The molecule has 20 heavy (non-hydrogen) atoms. The number of ether oxygens (including phenoxy) is 2. The highest BCUT2D eigenvalue weighted by Gasteiger charge is 2.08. The van der Waals surface area contributed by atoms with E-state index in [1.54, 1.807) is 6.08 Å². The summed E-state index contributed by atoms with van der Waals surface area (Å²) in [6, 6.07) is 6.00. The van der Waals surface area contributed by atoms with Gasteiger partial charge in [-0.05, 0) is 31.0 Å². The molecule has 112 valence electrons. The second kappa shape index (κ2) is 9.39. The maximum atomic E-state index is 9.17. The van der Waals surface area contributed by atoms with Crippen molar-refractivity contribution in [1.29, 1.82) is 0 Å². The van der Waals surface area contributed by atoms with Crippen LogP contribution in [0, 0.1) is 0 Å². The number of nitrogens with one attached hydrogen (secondary N) is 1. The fourth-order valence-electron chi connectivity index (χ4n) is 1.80. The molecule has 0 radical (unpaired) electrons. The Morgan fingerprint density at radius 3 is 2.70 bits per heavy atom. The third-order valence-electron chi connectivity index (χ3n) is 2.97. The first kappa shape index (κ1) is 16.5. The lowest BCUT2D eigenvalue weighted by Gasteiger charge is -2.16. The average molecular weight is 279 g/mol. The summed E-state index contributed by atoms with van der Waals surface area (Å²) in [6.07, 6.45) is 2.60. The van der Waals surface area contributed by atoms with Gasteiger partial charge < -0.3 is 19.9 Å². The second-order valence-electron chi connectivity index (χ2n) is 4.48. The van der Waals surface area contributed by atoms with Gasteiger partial charge in [-0.1, -0.05) is 25.6 Å². The van der Waals surface area contributed by atoms with Crippen LogP contribution in [0.25, 0.3) is 0 Å². The van der Waals surface area contributed by atoms with Crippen molar-refractivity contribution in [1.82, 2.24) is 5.32 Å². The van der Waals surface area contributed by atoms with Crippen LogP contribution in [0.3, 0.4) is 0 Å². The van der Waals surface area contributed by atoms with Crippen molar-refractivity contribution in [3.63, 3.8) is 0 Å². The predicted molar refractivity (Wildman–Crippen MR) is 81.3 cm³/mol. The Morgan fingerprint density at radius 1 is 1.30 bits per heavy atom. The van der Waals surface area contributed by atoms with Gasteiger partial charge in [0.1, 0.15) is 6.61 Å². The standard InChI is InChI=1S/C16H25NO3/c1-4-9-20-15-8-7-13(10-16(15)19-6-3)11-17-14(5-2)12-18/h4,7-8,10,14,17-18H,1,5-6,9,11-12H2,2-3H3/t14-/m1/s1. The Hall–Kier alpha value is -1.52. The first-order valence-corrected chi connectivity index (χ1v) is 7.08. The molecule has 0 spiro atoms. The lowest BCUT2D eigenvalue weighted by atomic mass is 10.1. The molecule has 0 aromatic heterocycles. The van der Waals surface area contributed by atoms with Gasteiger partial charge in [-0.2, -0.15) is 0 Å². The van der Waals surface area contributed by atoms with Gasteiger partial charge in [0.25, 0.3) is 0 Å². The van der Waals surface area contributed by atoms with E-state index in [4.69, 9.17) is 14.6 Å². The summed E-state index contributed by atoms with van der Waals surface area (Å²) in [5.74, 6) is 1.47. The molecule has 1 aromatic carbocycles. The van der Waals surface area contributed by atoms with Crippen LogP contribution < -0.4 is 14.8 Å². The van der Waals surface area contributed by atoms with Gasteiger partial charge in [-0.25, -0.2) is 0 Å². The zero-order chi connectivity index (χ0) is 14.8. The minimum atomic E-state index is 0.127. The molecule has 1 atom stereocenters. The van der Waals surface area contributed by atoms with Gasteiger partial charge in [0.05, 0.1) is 13.2 Å². The fraction of sp³-hybridized carbons (Fsp3) is 0.500. The highest BCUT2D eigenvalue weighted by molar-refractivity contribution is 5.43. The maximum absolute atomic E-state index is 9.17. The quantitative estimate of drug-likeness (QED) is 0.646. The fourth-order valence-corrected chi connectivity index (χ4v) is 1.80. The molecule has 2 N–H and O–H groups in total. The second-order valence-corrected chi connectivity index (χ2v) is 4.48. The van der Waals surface area contributed by atoms with E-state index in [0.29, 0.717) is 19.8 Å². The Morgan fingerprint density at radius 2 is 2.10 bits per heavy atom. The number of hydrogen-bond acceptors (Lipinski definition) is 4. The van der Waals surface area contributed by atoms with Crippen molar-refractivity contribution in [3.05, 3.63) is 36.4 Å². The summed E-state index contributed by atoms with van der Waals surface area (Å²) in [5, 5.41) is 12.5. The molecule has 4 heteroatoms. The van der Waals surface area contributed by atoms with Crippen LogP contribution in [0.15, 0.2) is 30.9 Å². The summed E-state index contributed by atoms with van der Waals surface area (Å²) in [5.41, 5.74) is 1.10. The molecule has 0 aliphatic rings. The molecule has 0 amide bonds. The first-order chi connectivity index (χ1) is 9.74. The lowest BCUT2D eigenvalue weighted by molar-refractivity contribution is 0.238. The highest BCUT2D eigenvalue weighted by atomic mass is 16.5. The monoisotopic (exact) mass is 279 g/mol. The van der Waals surface area contributed by atoms with Crippen molar-refractivity contribution in [2.45, 2.75) is 32.9 Å². The maximum Gasteiger partial charge on any atom is 0.161 e. The zero-order valence-corrected chi connectivity index (χ0v) is 12.4. The van der Waals surface area contributed by atoms with E-state index >= 15 is 0 Å². The third kappa shape index (κ3) is 5.23. The molecule has 0 bridgehead atoms.